The quantitative estimate of drug-likeness (QED) is 0.135. The van der Waals surface area contributed by atoms with E-state index in [1.165, 1.54) is 24.3 Å². The van der Waals surface area contributed by atoms with E-state index < -0.39 is 60.2 Å². The van der Waals surface area contributed by atoms with Crippen molar-refractivity contribution in [1.29, 1.82) is 0 Å². The molecule has 0 aliphatic rings. The first-order chi connectivity index (χ1) is 18.0. The van der Waals surface area contributed by atoms with Gasteiger partial charge in [-0.2, -0.15) is 12.6 Å². The van der Waals surface area contributed by atoms with Crippen LogP contribution in [0.4, 0.5) is 0 Å². The first-order valence-electron chi connectivity index (χ1n) is 11.6. The molecule has 12 nitrogen and oxygen atoms in total. The number of hydrogen-bond acceptors (Lipinski definition) is 8. The molecule has 9 N–H and O–H groups in total. The molecule has 0 saturated carbocycles. The number of rotatable bonds is 14. The van der Waals surface area contributed by atoms with Crippen LogP contribution in [-0.4, -0.2) is 69.7 Å². The molecule has 0 radical (unpaired) electrons. The number of nitrogens with two attached hydrogens (primary N) is 2. The second-order valence-electron chi connectivity index (χ2n) is 8.54. The summed E-state index contributed by atoms with van der Waals surface area (Å²) in [6, 6.07) is 9.32. The molecule has 0 aliphatic heterocycles. The summed E-state index contributed by atoms with van der Waals surface area (Å²) in [4.78, 5) is 62.0. The Labute approximate surface area is 224 Å². The summed E-state index contributed by atoms with van der Waals surface area (Å²) in [5.74, 6) is -4.69. The Balaban J connectivity index is 2.22. The molecule has 0 bridgehead atoms. The van der Waals surface area contributed by atoms with Crippen LogP contribution in [0.3, 0.4) is 0 Å². The van der Waals surface area contributed by atoms with E-state index in [4.69, 9.17) is 11.5 Å². The number of thiol groups is 1. The number of carbonyl (C=O) groups is 5. The van der Waals surface area contributed by atoms with Crippen LogP contribution in [-0.2, 0) is 36.8 Å². The molecule has 4 atom stereocenters. The van der Waals surface area contributed by atoms with E-state index in [0.29, 0.717) is 11.1 Å². The van der Waals surface area contributed by atoms with Crippen molar-refractivity contribution in [2.45, 2.75) is 43.4 Å². The fourth-order valence-electron chi connectivity index (χ4n) is 3.44. The van der Waals surface area contributed by atoms with Crippen molar-refractivity contribution in [2.24, 2.45) is 11.5 Å². The number of phenolic OH excluding ortho intramolecular Hbond substituents is 1. The highest BCUT2D eigenvalue weighted by atomic mass is 32.1. The molecule has 38 heavy (non-hydrogen) atoms. The van der Waals surface area contributed by atoms with Crippen molar-refractivity contribution in [1.82, 2.24) is 16.0 Å². The molecule has 204 valence electrons. The average molecular weight is 546 g/mol. The Morgan fingerprint density at radius 3 is 1.82 bits per heavy atom. The predicted molar refractivity (Wildman–Crippen MR) is 141 cm³/mol. The van der Waals surface area contributed by atoms with Crippen LogP contribution in [0.2, 0.25) is 0 Å². The number of carbonyl (C=O) groups excluding carboxylic acids is 4. The van der Waals surface area contributed by atoms with E-state index in [-0.39, 0.29) is 24.3 Å². The highest BCUT2D eigenvalue weighted by Gasteiger charge is 2.31. The topological polar surface area (TPSA) is 214 Å². The van der Waals surface area contributed by atoms with Crippen molar-refractivity contribution < 1.29 is 34.2 Å². The molecule has 2 rings (SSSR count). The summed E-state index contributed by atoms with van der Waals surface area (Å²) in [5, 5.41) is 26.3. The van der Waals surface area contributed by atoms with Gasteiger partial charge in [-0.1, -0.05) is 42.5 Å². The number of primary amides is 1. The first-order valence-corrected chi connectivity index (χ1v) is 12.2. The lowest BCUT2D eigenvalue weighted by Gasteiger charge is -2.25. The molecule has 0 aliphatic carbocycles. The standard InChI is InChI=1S/C25H31N5O7S/c26-17(13-38)22(33)28-18(10-15-6-8-16(31)9-7-15)23(34)29-19(12-21(27)32)24(35)30-20(25(36)37)11-14-4-2-1-3-5-14/h1-9,17-20,31,38H,10-13,26H2,(H2,27,32)(H,28,33)(H,29,34)(H,30,35)(H,36,37). The van der Waals surface area contributed by atoms with Gasteiger partial charge in [0.15, 0.2) is 0 Å². The van der Waals surface area contributed by atoms with Crippen LogP contribution < -0.4 is 27.4 Å². The predicted octanol–water partition coefficient (Wildman–Crippen LogP) is -1.15. The maximum absolute atomic E-state index is 13.2. The van der Waals surface area contributed by atoms with E-state index >= 15 is 0 Å². The zero-order valence-electron chi connectivity index (χ0n) is 20.4. The molecule has 4 amide bonds. The average Bonchev–Trinajstić information content (AvgIpc) is 2.88. The van der Waals surface area contributed by atoms with Gasteiger partial charge in [0.25, 0.3) is 0 Å². The summed E-state index contributed by atoms with van der Waals surface area (Å²) in [6.45, 7) is 0. The molecule has 0 aromatic heterocycles. The summed E-state index contributed by atoms with van der Waals surface area (Å²) >= 11 is 3.98. The Bertz CT molecular complexity index is 1130. The van der Waals surface area contributed by atoms with Gasteiger partial charge in [0.1, 0.15) is 23.9 Å². The Morgan fingerprint density at radius 1 is 0.763 bits per heavy atom. The highest BCUT2D eigenvalue weighted by Crippen LogP contribution is 2.12. The van der Waals surface area contributed by atoms with Gasteiger partial charge in [-0.25, -0.2) is 4.79 Å². The van der Waals surface area contributed by atoms with Gasteiger partial charge < -0.3 is 37.6 Å². The van der Waals surface area contributed by atoms with Gasteiger partial charge in [0.05, 0.1) is 12.5 Å². The Kier molecular flexibility index (Phi) is 11.6. The van der Waals surface area contributed by atoms with Crippen molar-refractivity contribution >= 4 is 42.2 Å². The first kappa shape index (κ1) is 30.1. The monoisotopic (exact) mass is 545 g/mol. The third-order valence-corrected chi connectivity index (χ3v) is 5.87. The van der Waals surface area contributed by atoms with E-state index in [1.807, 2.05) is 0 Å². The number of hydrogen-bond donors (Lipinski definition) is 8. The molecule has 4 unspecified atom stereocenters. The zero-order chi connectivity index (χ0) is 28.2. The van der Waals surface area contributed by atoms with Crippen LogP contribution in [0.15, 0.2) is 54.6 Å². The second-order valence-corrected chi connectivity index (χ2v) is 8.91. The number of aromatic hydroxyl groups is 1. The van der Waals surface area contributed by atoms with Crippen LogP contribution >= 0.6 is 12.6 Å². The maximum atomic E-state index is 13.2. The fraction of sp³-hybridized carbons (Fsp3) is 0.320. The van der Waals surface area contributed by atoms with Crippen molar-refractivity contribution in [2.75, 3.05) is 5.75 Å². The number of carboxylic acid groups (broad SMARTS) is 1. The third-order valence-electron chi connectivity index (χ3n) is 5.48. The van der Waals surface area contributed by atoms with Crippen molar-refractivity contribution in [3.63, 3.8) is 0 Å². The SMILES string of the molecule is NC(=O)CC(NC(=O)C(Cc1ccc(O)cc1)NC(=O)C(N)CS)C(=O)NC(Cc1ccccc1)C(=O)O. The normalized spacial score (nSPS) is 13.8. The lowest BCUT2D eigenvalue weighted by Crippen LogP contribution is -2.58. The summed E-state index contributed by atoms with van der Waals surface area (Å²) in [7, 11) is 0. The minimum Gasteiger partial charge on any atom is -0.508 e. The summed E-state index contributed by atoms with van der Waals surface area (Å²) < 4.78 is 0. The van der Waals surface area contributed by atoms with Gasteiger partial charge in [-0.05, 0) is 23.3 Å². The second kappa shape index (κ2) is 14.6. The highest BCUT2D eigenvalue weighted by molar-refractivity contribution is 7.80. The summed E-state index contributed by atoms with van der Waals surface area (Å²) in [5.41, 5.74) is 12.2. The van der Waals surface area contributed by atoms with Crippen molar-refractivity contribution in [3.05, 3.63) is 65.7 Å². The molecule has 0 heterocycles. The van der Waals surface area contributed by atoms with Crippen LogP contribution in [0, 0.1) is 0 Å². The number of nitrogens with one attached hydrogen (secondary N) is 3. The largest absolute Gasteiger partial charge is 0.508 e. The van der Waals surface area contributed by atoms with Crippen LogP contribution in [0.1, 0.15) is 17.5 Å². The number of aliphatic carboxylic acids is 1. The number of carboxylic acids is 1. The molecular formula is C25H31N5O7S. The van der Waals surface area contributed by atoms with Gasteiger partial charge >= 0.3 is 5.97 Å². The molecular weight excluding hydrogens is 514 g/mol. The fourth-order valence-corrected chi connectivity index (χ4v) is 3.61. The maximum Gasteiger partial charge on any atom is 0.326 e. The number of amides is 4. The lowest BCUT2D eigenvalue weighted by molar-refractivity contribution is -0.142. The lowest BCUT2D eigenvalue weighted by atomic mass is 10.0. The zero-order valence-corrected chi connectivity index (χ0v) is 21.3. The van der Waals surface area contributed by atoms with E-state index in [1.54, 1.807) is 30.3 Å². The number of phenols is 1. The molecule has 2 aromatic carbocycles. The Morgan fingerprint density at radius 2 is 1.26 bits per heavy atom. The molecule has 0 saturated heterocycles. The van der Waals surface area contributed by atoms with Gasteiger partial charge in [-0.15, -0.1) is 0 Å². The smallest absolute Gasteiger partial charge is 0.326 e. The minimum atomic E-state index is -1.52. The van der Waals surface area contributed by atoms with Gasteiger partial charge in [0, 0.05) is 18.6 Å². The van der Waals surface area contributed by atoms with E-state index in [0.717, 1.165) is 0 Å². The van der Waals surface area contributed by atoms with Crippen LogP contribution in [0.25, 0.3) is 0 Å². The molecule has 2 aromatic rings. The minimum absolute atomic E-state index is 0.00226. The van der Waals surface area contributed by atoms with E-state index in [2.05, 4.69) is 28.6 Å². The van der Waals surface area contributed by atoms with Gasteiger partial charge in [0.2, 0.25) is 23.6 Å². The molecule has 0 spiro atoms. The number of benzene rings is 2. The molecule has 0 fully saturated rings. The third kappa shape index (κ3) is 9.75. The van der Waals surface area contributed by atoms with Crippen LogP contribution in [0.5, 0.6) is 5.75 Å². The summed E-state index contributed by atoms with van der Waals surface area (Å²) in [6.07, 6.45) is -0.709. The van der Waals surface area contributed by atoms with Gasteiger partial charge in [-0.3, -0.25) is 19.2 Å². The van der Waals surface area contributed by atoms with E-state index in [9.17, 15) is 34.2 Å². The van der Waals surface area contributed by atoms with Crippen molar-refractivity contribution in [3.8, 4) is 5.75 Å². The Hall–Kier alpha value is -4.10. The molecule has 13 heteroatoms.